The third kappa shape index (κ3) is 6.18. The number of nitrogens with zero attached hydrogens (tertiary/aromatic N) is 3. The third-order valence-electron chi connectivity index (χ3n) is 6.13. The number of rotatable bonds is 9. The summed E-state index contributed by atoms with van der Waals surface area (Å²) in [6.45, 7) is 4.09. The SMILES string of the molecule is CC[C@@H](C)c1nc2ccc(Br)cc2c(=O)n1N=Cc1cc(OC)c(OCc2cccc(C(=O)O)c2)c(Cl)c1Br. The van der Waals surface area contributed by atoms with E-state index in [0.717, 1.165) is 10.9 Å². The van der Waals surface area contributed by atoms with Crippen molar-refractivity contribution in [3.05, 3.63) is 95.4 Å². The Balaban J connectivity index is 1.73. The van der Waals surface area contributed by atoms with Crippen LogP contribution in [0.1, 0.15) is 53.5 Å². The summed E-state index contributed by atoms with van der Waals surface area (Å²) in [7, 11) is 1.48. The minimum absolute atomic E-state index is 0.0140. The molecule has 0 aliphatic rings. The van der Waals surface area contributed by atoms with E-state index in [2.05, 4.69) is 37.0 Å². The largest absolute Gasteiger partial charge is 0.493 e. The molecule has 0 spiro atoms. The van der Waals surface area contributed by atoms with Gasteiger partial charge in [0.1, 0.15) is 17.5 Å². The molecule has 39 heavy (non-hydrogen) atoms. The minimum atomic E-state index is -1.02. The van der Waals surface area contributed by atoms with Crippen LogP contribution in [0.5, 0.6) is 11.5 Å². The number of ether oxygens (including phenoxy) is 2. The van der Waals surface area contributed by atoms with Gasteiger partial charge in [0.15, 0.2) is 11.5 Å². The average molecular weight is 678 g/mol. The van der Waals surface area contributed by atoms with Gasteiger partial charge in [0.05, 0.1) is 29.8 Å². The second-order valence-electron chi connectivity index (χ2n) is 8.72. The standard InChI is InChI=1S/C28H24Br2ClN3O5/c1-4-15(2)26-33-21-9-8-19(29)12-20(21)27(35)34(26)32-13-18-11-22(38-3)25(24(31)23(18)30)39-14-16-6-5-7-17(10-16)28(36)37/h5-13,15H,4,14H2,1-3H3,(H,36,37)/t15-/m1/s1. The van der Waals surface area contributed by atoms with Gasteiger partial charge >= 0.3 is 5.97 Å². The smallest absolute Gasteiger partial charge is 0.335 e. The van der Waals surface area contributed by atoms with Gasteiger partial charge in [-0.1, -0.05) is 53.5 Å². The van der Waals surface area contributed by atoms with E-state index < -0.39 is 5.97 Å². The molecule has 0 amide bonds. The molecule has 4 rings (SSSR count). The summed E-state index contributed by atoms with van der Waals surface area (Å²) < 4.78 is 14.0. The number of hydrogen-bond donors (Lipinski definition) is 1. The van der Waals surface area contributed by atoms with Crippen LogP contribution in [-0.4, -0.2) is 34.1 Å². The molecule has 1 atom stereocenters. The van der Waals surface area contributed by atoms with E-state index in [1.54, 1.807) is 30.3 Å². The second-order valence-corrected chi connectivity index (χ2v) is 10.8. The fourth-order valence-electron chi connectivity index (χ4n) is 3.83. The number of aromatic carboxylic acids is 1. The third-order valence-corrected chi connectivity index (χ3v) is 8.07. The fourth-order valence-corrected chi connectivity index (χ4v) is 4.85. The van der Waals surface area contributed by atoms with Gasteiger partial charge in [-0.25, -0.2) is 9.78 Å². The lowest BCUT2D eigenvalue weighted by atomic mass is 10.1. The lowest BCUT2D eigenvalue weighted by Crippen LogP contribution is -2.23. The fraction of sp³-hybridized carbons (Fsp3) is 0.214. The molecule has 1 aromatic heterocycles. The molecule has 202 valence electrons. The number of aromatic nitrogens is 2. The van der Waals surface area contributed by atoms with Gasteiger partial charge in [-0.3, -0.25) is 4.79 Å². The highest BCUT2D eigenvalue weighted by molar-refractivity contribution is 9.10. The van der Waals surface area contributed by atoms with Crippen LogP contribution in [0, 0.1) is 0 Å². The van der Waals surface area contributed by atoms with Crippen LogP contribution in [0.4, 0.5) is 0 Å². The maximum atomic E-state index is 13.4. The molecule has 0 fully saturated rings. The Labute approximate surface area is 246 Å². The zero-order chi connectivity index (χ0) is 28.3. The predicted molar refractivity (Wildman–Crippen MR) is 159 cm³/mol. The van der Waals surface area contributed by atoms with E-state index in [4.69, 9.17) is 26.1 Å². The van der Waals surface area contributed by atoms with Crippen molar-refractivity contribution in [2.24, 2.45) is 5.10 Å². The van der Waals surface area contributed by atoms with Crippen LogP contribution in [-0.2, 0) is 6.61 Å². The van der Waals surface area contributed by atoms with Gasteiger partial charge < -0.3 is 14.6 Å². The number of fused-ring (bicyclic) bond motifs is 1. The highest BCUT2D eigenvalue weighted by atomic mass is 79.9. The maximum absolute atomic E-state index is 13.4. The van der Waals surface area contributed by atoms with Gasteiger partial charge in [-0.05, 0) is 64.3 Å². The molecule has 1 N–H and O–H groups in total. The minimum Gasteiger partial charge on any atom is -0.493 e. The van der Waals surface area contributed by atoms with Crippen LogP contribution < -0.4 is 15.0 Å². The van der Waals surface area contributed by atoms with Crippen LogP contribution in [0.2, 0.25) is 5.02 Å². The van der Waals surface area contributed by atoms with Crippen molar-refractivity contribution in [3.8, 4) is 11.5 Å². The molecule has 8 nitrogen and oxygen atoms in total. The molecule has 0 radical (unpaired) electrons. The number of halogens is 3. The second kappa shape index (κ2) is 12.3. The molecule has 0 aliphatic carbocycles. The summed E-state index contributed by atoms with van der Waals surface area (Å²) in [4.78, 5) is 29.4. The Morgan fingerprint density at radius 3 is 2.69 bits per heavy atom. The highest BCUT2D eigenvalue weighted by Crippen LogP contribution is 2.42. The van der Waals surface area contributed by atoms with Crippen molar-refractivity contribution in [2.45, 2.75) is 32.8 Å². The first-order valence-corrected chi connectivity index (χ1v) is 13.9. The lowest BCUT2D eigenvalue weighted by molar-refractivity contribution is 0.0696. The average Bonchev–Trinajstić information content (AvgIpc) is 2.93. The maximum Gasteiger partial charge on any atom is 0.335 e. The van der Waals surface area contributed by atoms with Crippen LogP contribution >= 0.6 is 43.5 Å². The Kier molecular flexibility index (Phi) is 9.09. The molecule has 3 aromatic carbocycles. The van der Waals surface area contributed by atoms with Gasteiger partial charge in [0, 0.05) is 20.4 Å². The molecule has 4 aromatic rings. The Morgan fingerprint density at radius 2 is 2.00 bits per heavy atom. The zero-order valence-electron chi connectivity index (χ0n) is 21.2. The topological polar surface area (TPSA) is 103 Å². The molecule has 0 saturated heterocycles. The Morgan fingerprint density at radius 1 is 1.23 bits per heavy atom. The molecule has 1 heterocycles. The number of carbonyl (C=O) groups is 1. The van der Waals surface area contributed by atoms with Gasteiger partial charge in [-0.15, -0.1) is 0 Å². The van der Waals surface area contributed by atoms with Crippen molar-refractivity contribution in [2.75, 3.05) is 7.11 Å². The summed E-state index contributed by atoms with van der Waals surface area (Å²) in [5, 5.41) is 14.4. The number of carboxylic acid groups (broad SMARTS) is 1. The normalized spacial score (nSPS) is 12.2. The van der Waals surface area contributed by atoms with Crippen LogP contribution in [0.15, 0.2) is 67.4 Å². The number of hydrogen-bond acceptors (Lipinski definition) is 6. The first kappa shape index (κ1) is 28.8. The van der Waals surface area contributed by atoms with E-state index in [0.29, 0.717) is 38.1 Å². The summed E-state index contributed by atoms with van der Waals surface area (Å²) in [5.41, 5.74) is 1.68. The van der Waals surface area contributed by atoms with E-state index in [-0.39, 0.29) is 34.4 Å². The summed E-state index contributed by atoms with van der Waals surface area (Å²) in [6.07, 6.45) is 2.28. The first-order valence-electron chi connectivity index (χ1n) is 11.9. The molecule has 0 aliphatic heterocycles. The molecule has 0 unspecified atom stereocenters. The Hall–Kier alpha value is -3.21. The predicted octanol–water partition coefficient (Wildman–Crippen LogP) is 7.26. The van der Waals surface area contributed by atoms with Crippen molar-refractivity contribution >= 4 is 66.5 Å². The monoisotopic (exact) mass is 675 g/mol. The lowest BCUT2D eigenvalue weighted by Gasteiger charge is -2.16. The molecule has 0 saturated carbocycles. The molecule has 0 bridgehead atoms. The van der Waals surface area contributed by atoms with Crippen LogP contribution in [0.25, 0.3) is 10.9 Å². The van der Waals surface area contributed by atoms with Gasteiger partial charge in [0.2, 0.25) is 0 Å². The molecular formula is C28H24Br2ClN3O5. The number of benzene rings is 3. The quantitative estimate of drug-likeness (QED) is 0.187. The molecular weight excluding hydrogens is 654 g/mol. The van der Waals surface area contributed by atoms with Gasteiger partial charge in [0.25, 0.3) is 5.56 Å². The summed E-state index contributed by atoms with van der Waals surface area (Å²) in [6, 6.07) is 13.5. The summed E-state index contributed by atoms with van der Waals surface area (Å²) >= 11 is 13.6. The number of methoxy groups -OCH3 is 1. The zero-order valence-corrected chi connectivity index (χ0v) is 25.2. The van der Waals surface area contributed by atoms with Crippen molar-refractivity contribution < 1.29 is 19.4 Å². The van der Waals surface area contributed by atoms with E-state index in [9.17, 15) is 14.7 Å². The number of carboxylic acids is 1. The van der Waals surface area contributed by atoms with Gasteiger partial charge in [-0.2, -0.15) is 9.78 Å². The van der Waals surface area contributed by atoms with Crippen molar-refractivity contribution in [1.29, 1.82) is 0 Å². The van der Waals surface area contributed by atoms with E-state index in [1.807, 2.05) is 19.9 Å². The van der Waals surface area contributed by atoms with Crippen molar-refractivity contribution in [3.63, 3.8) is 0 Å². The summed E-state index contributed by atoms with van der Waals surface area (Å²) in [5.74, 6) is 0.127. The first-order chi connectivity index (χ1) is 18.6. The van der Waals surface area contributed by atoms with E-state index in [1.165, 1.54) is 30.1 Å². The highest BCUT2D eigenvalue weighted by Gasteiger charge is 2.19. The Bertz CT molecular complexity index is 1660. The van der Waals surface area contributed by atoms with Crippen LogP contribution in [0.3, 0.4) is 0 Å². The van der Waals surface area contributed by atoms with Crippen molar-refractivity contribution in [1.82, 2.24) is 9.66 Å². The molecule has 11 heteroatoms. The van der Waals surface area contributed by atoms with E-state index >= 15 is 0 Å².